The Morgan fingerprint density at radius 3 is 2.50 bits per heavy atom. The molecule has 0 bridgehead atoms. The average Bonchev–Trinajstić information content (AvgIpc) is 2.39. The van der Waals surface area contributed by atoms with E-state index >= 15 is 0 Å². The monoisotopic (exact) mass is 315 g/mol. The van der Waals surface area contributed by atoms with Crippen LogP contribution in [-0.2, 0) is 6.42 Å². The van der Waals surface area contributed by atoms with Crippen LogP contribution in [0.15, 0.2) is 16.6 Å². The topological polar surface area (TPSA) is 30.5 Å². The molecule has 0 heterocycles. The van der Waals surface area contributed by atoms with Crippen molar-refractivity contribution >= 4 is 15.9 Å². The highest BCUT2D eigenvalue weighted by Crippen LogP contribution is 2.33. The van der Waals surface area contributed by atoms with Crippen molar-refractivity contribution in [3.63, 3.8) is 0 Å². The third-order valence-corrected chi connectivity index (χ3v) is 3.64. The highest BCUT2D eigenvalue weighted by Gasteiger charge is 2.10. The van der Waals surface area contributed by atoms with Gasteiger partial charge >= 0.3 is 0 Å². The lowest BCUT2D eigenvalue weighted by atomic mass is 10.1. The molecule has 0 fully saturated rings. The van der Waals surface area contributed by atoms with Crippen LogP contribution in [0.1, 0.15) is 24.8 Å². The predicted octanol–water partition coefficient (Wildman–Crippen LogP) is 3.40. The van der Waals surface area contributed by atoms with Gasteiger partial charge < -0.3 is 14.8 Å². The summed E-state index contributed by atoms with van der Waals surface area (Å²) in [6.07, 6.45) is 4.63. The fraction of sp³-hybridized carbons (Fsp3) is 0.571. The van der Waals surface area contributed by atoms with Crippen LogP contribution < -0.4 is 14.8 Å². The van der Waals surface area contributed by atoms with E-state index in [1.807, 2.05) is 19.2 Å². The van der Waals surface area contributed by atoms with Crippen molar-refractivity contribution in [3.05, 3.63) is 22.2 Å². The van der Waals surface area contributed by atoms with Crippen LogP contribution in [-0.4, -0.2) is 27.8 Å². The maximum atomic E-state index is 5.42. The lowest BCUT2D eigenvalue weighted by Gasteiger charge is -2.12. The van der Waals surface area contributed by atoms with E-state index in [2.05, 4.69) is 21.2 Å². The second kappa shape index (κ2) is 8.38. The molecule has 1 N–H and O–H groups in total. The Labute approximate surface area is 118 Å². The first-order valence-corrected chi connectivity index (χ1v) is 7.07. The molecule has 0 aliphatic carbocycles. The molecular weight excluding hydrogens is 294 g/mol. The van der Waals surface area contributed by atoms with E-state index in [-0.39, 0.29) is 0 Å². The Balaban J connectivity index is 2.63. The zero-order valence-electron chi connectivity index (χ0n) is 11.4. The molecule has 3 nitrogen and oxygen atoms in total. The van der Waals surface area contributed by atoms with Crippen molar-refractivity contribution in [1.29, 1.82) is 0 Å². The number of ether oxygens (including phenoxy) is 2. The summed E-state index contributed by atoms with van der Waals surface area (Å²) in [5.41, 5.74) is 1.22. The molecule has 0 saturated carbocycles. The van der Waals surface area contributed by atoms with Crippen molar-refractivity contribution in [1.82, 2.24) is 5.32 Å². The van der Waals surface area contributed by atoms with Gasteiger partial charge in [0.1, 0.15) is 11.5 Å². The van der Waals surface area contributed by atoms with Crippen LogP contribution in [0.2, 0.25) is 0 Å². The van der Waals surface area contributed by atoms with E-state index in [0.29, 0.717) is 0 Å². The summed E-state index contributed by atoms with van der Waals surface area (Å²) in [6.45, 7) is 1.08. The maximum absolute atomic E-state index is 5.42. The number of halogens is 1. The quantitative estimate of drug-likeness (QED) is 0.746. The molecule has 1 aromatic rings. The summed E-state index contributed by atoms with van der Waals surface area (Å²) in [5.74, 6) is 1.72. The van der Waals surface area contributed by atoms with E-state index in [0.717, 1.165) is 28.9 Å². The number of unbranched alkanes of at least 4 members (excludes halogenated alkanes) is 2. The summed E-state index contributed by atoms with van der Waals surface area (Å²) in [5, 5.41) is 3.16. The molecule has 0 unspecified atom stereocenters. The summed E-state index contributed by atoms with van der Waals surface area (Å²) < 4.78 is 11.7. The number of benzene rings is 1. The standard InChI is InChI=1S/C14H22BrNO2/c1-16-8-6-4-5-7-12-13(15)9-11(17-2)10-14(12)18-3/h9-10,16H,4-8H2,1-3H3. The van der Waals surface area contributed by atoms with Gasteiger partial charge in [-0.15, -0.1) is 0 Å². The highest BCUT2D eigenvalue weighted by molar-refractivity contribution is 9.10. The largest absolute Gasteiger partial charge is 0.497 e. The van der Waals surface area contributed by atoms with Crippen molar-refractivity contribution in [2.45, 2.75) is 25.7 Å². The van der Waals surface area contributed by atoms with Crippen LogP contribution in [0, 0.1) is 0 Å². The Kier molecular flexibility index (Phi) is 7.13. The Hall–Kier alpha value is -0.740. The number of rotatable bonds is 8. The molecule has 0 aromatic heterocycles. The molecular formula is C14H22BrNO2. The van der Waals surface area contributed by atoms with Crippen molar-refractivity contribution < 1.29 is 9.47 Å². The minimum atomic E-state index is 0.817. The van der Waals surface area contributed by atoms with Gasteiger partial charge in [-0.3, -0.25) is 0 Å². The summed E-state index contributed by atoms with van der Waals surface area (Å²) in [6, 6.07) is 3.93. The van der Waals surface area contributed by atoms with E-state index in [1.54, 1.807) is 14.2 Å². The van der Waals surface area contributed by atoms with Crippen LogP contribution in [0.4, 0.5) is 0 Å². The zero-order chi connectivity index (χ0) is 13.4. The second-order valence-corrected chi connectivity index (χ2v) is 5.06. The number of hydrogen-bond donors (Lipinski definition) is 1. The Bertz CT molecular complexity index is 369. The molecule has 0 amide bonds. The third kappa shape index (κ3) is 4.50. The first-order chi connectivity index (χ1) is 8.72. The first-order valence-electron chi connectivity index (χ1n) is 6.28. The fourth-order valence-corrected chi connectivity index (χ4v) is 2.53. The van der Waals surface area contributed by atoms with Gasteiger partial charge in [0, 0.05) is 16.1 Å². The minimum Gasteiger partial charge on any atom is -0.497 e. The van der Waals surface area contributed by atoms with Gasteiger partial charge in [-0.1, -0.05) is 22.4 Å². The Morgan fingerprint density at radius 2 is 1.89 bits per heavy atom. The van der Waals surface area contributed by atoms with E-state index in [1.165, 1.54) is 24.8 Å². The fourth-order valence-electron chi connectivity index (χ4n) is 1.91. The van der Waals surface area contributed by atoms with E-state index in [4.69, 9.17) is 9.47 Å². The van der Waals surface area contributed by atoms with Gasteiger partial charge in [-0.2, -0.15) is 0 Å². The van der Waals surface area contributed by atoms with E-state index < -0.39 is 0 Å². The van der Waals surface area contributed by atoms with Gasteiger partial charge in [-0.05, 0) is 38.9 Å². The van der Waals surface area contributed by atoms with Crippen molar-refractivity contribution in [2.24, 2.45) is 0 Å². The molecule has 102 valence electrons. The molecule has 1 aromatic carbocycles. The molecule has 0 aliphatic heterocycles. The second-order valence-electron chi connectivity index (χ2n) is 4.20. The predicted molar refractivity (Wildman–Crippen MR) is 78.7 cm³/mol. The number of nitrogens with one attached hydrogen (secondary N) is 1. The van der Waals surface area contributed by atoms with Gasteiger partial charge in [0.2, 0.25) is 0 Å². The van der Waals surface area contributed by atoms with Gasteiger partial charge in [-0.25, -0.2) is 0 Å². The maximum Gasteiger partial charge on any atom is 0.126 e. The molecule has 0 radical (unpaired) electrons. The van der Waals surface area contributed by atoms with Crippen LogP contribution in [0.25, 0.3) is 0 Å². The zero-order valence-corrected chi connectivity index (χ0v) is 13.0. The number of methoxy groups -OCH3 is 2. The highest BCUT2D eigenvalue weighted by atomic mass is 79.9. The Morgan fingerprint density at radius 1 is 1.11 bits per heavy atom. The van der Waals surface area contributed by atoms with Crippen molar-refractivity contribution in [2.75, 3.05) is 27.8 Å². The number of hydrogen-bond acceptors (Lipinski definition) is 3. The first kappa shape index (κ1) is 15.3. The van der Waals surface area contributed by atoms with Gasteiger partial charge in [0.25, 0.3) is 0 Å². The molecule has 18 heavy (non-hydrogen) atoms. The van der Waals surface area contributed by atoms with Gasteiger partial charge in [0.05, 0.1) is 14.2 Å². The summed E-state index contributed by atoms with van der Waals surface area (Å²) in [7, 11) is 5.35. The van der Waals surface area contributed by atoms with Crippen LogP contribution >= 0.6 is 15.9 Å². The van der Waals surface area contributed by atoms with Gasteiger partial charge in [0.15, 0.2) is 0 Å². The normalized spacial score (nSPS) is 10.4. The lowest BCUT2D eigenvalue weighted by Crippen LogP contribution is -2.07. The smallest absolute Gasteiger partial charge is 0.126 e. The molecule has 0 aliphatic rings. The summed E-state index contributed by atoms with van der Waals surface area (Å²) >= 11 is 3.59. The summed E-state index contributed by atoms with van der Waals surface area (Å²) in [4.78, 5) is 0. The minimum absolute atomic E-state index is 0.817. The molecule has 0 atom stereocenters. The lowest BCUT2D eigenvalue weighted by molar-refractivity contribution is 0.390. The average molecular weight is 316 g/mol. The molecule has 1 rings (SSSR count). The third-order valence-electron chi connectivity index (χ3n) is 2.94. The van der Waals surface area contributed by atoms with Crippen LogP contribution in [0.3, 0.4) is 0 Å². The molecule has 0 spiro atoms. The molecule has 4 heteroatoms. The van der Waals surface area contributed by atoms with E-state index in [9.17, 15) is 0 Å². The SMILES string of the molecule is CNCCCCCc1c(Br)cc(OC)cc1OC. The molecule has 0 saturated heterocycles. The van der Waals surface area contributed by atoms with Crippen molar-refractivity contribution in [3.8, 4) is 11.5 Å². The van der Waals surface area contributed by atoms with Crippen LogP contribution in [0.5, 0.6) is 11.5 Å².